The van der Waals surface area contributed by atoms with E-state index in [1.807, 2.05) is 30.3 Å². The maximum atomic E-state index is 14.0. The third-order valence-corrected chi connectivity index (χ3v) is 6.18. The molecule has 0 bridgehead atoms. The Kier molecular flexibility index (Phi) is 6.67. The summed E-state index contributed by atoms with van der Waals surface area (Å²) in [7, 11) is 1.48. The first-order chi connectivity index (χ1) is 17.0. The molecule has 188 valence electrons. The van der Waals surface area contributed by atoms with Gasteiger partial charge >= 0.3 is 12.0 Å². The molecule has 0 radical (unpaired) electrons. The van der Waals surface area contributed by atoms with Crippen molar-refractivity contribution < 1.29 is 28.7 Å². The fourth-order valence-corrected chi connectivity index (χ4v) is 4.50. The van der Waals surface area contributed by atoms with Crippen LogP contribution in [0.3, 0.4) is 0 Å². The Morgan fingerprint density at radius 1 is 0.944 bits per heavy atom. The van der Waals surface area contributed by atoms with Crippen molar-refractivity contribution in [2.24, 2.45) is 0 Å². The van der Waals surface area contributed by atoms with E-state index in [9.17, 15) is 24.0 Å². The lowest BCUT2D eigenvalue weighted by molar-refractivity contribution is -0.162. The second kappa shape index (κ2) is 9.56. The number of urea groups is 1. The number of nitrogens with zero attached hydrogens (tertiary/aromatic N) is 3. The Bertz CT molecular complexity index is 1180. The molecule has 2 aromatic carbocycles. The number of fused-ring (bicyclic) bond motifs is 1. The summed E-state index contributed by atoms with van der Waals surface area (Å²) < 4.78 is 5.47. The molecule has 4 rings (SSSR count). The zero-order chi connectivity index (χ0) is 26.2. The fraction of sp³-hybridized carbons (Fsp3) is 0.370. The predicted octanol–water partition coefficient (Wildman–Crippen LogP) is 2.89. The van der Waals surface area contributed by atoms with E-state index >= 15 is 0 Å². The lowest BCUT2D eigenvalue weighted by atomic mass is 10.0. The molecule has 9 heteroatoms. The number of aryl methyl sites for hydroxylation is 1. The lowest BCUT2D eigenvalue weighted by Crippen LogP contribution is -2.55. The summed E-state index contributed by atoms with van der Waals surface area (Å²) in [6.45, 7) is 5.03. The topological polar surface area (TPSA) is 104 Å². The van der Waals surface area contributed by atoms with Gasteiger partial charge in [-0.05, 0) is 51.3 Å². The van der Waals surface area contributed by atoms with Crippen molar-refractivity contribution in [3.8, 4) is 0 Å². The molecule has 0 unspecified atom stereocenters. The summed E-state index contributed by atoms with van der Waals surface area (Å²) in [6, 6.07) is 12.5. The van der Waals surface area contributed by atoms with E-state index in [1.165, 1.54) is 24.1 Å². The maximum absolute atomic E-state index is 14.0. The first-order valence-electron chi connectivity index (χ1n) is 11.8. The molecule has 0 saturated carbocycles. The quantitative estimate of drug-likeness (QED) is 0.455. The van der Waals surface area contributed by atoms with Gasteiger partial charge in [-0.15, -0.1) is 0 Å². The normalized spacial score (nSPS) is 18.5. The molecule has 36 heavy (non-hydrogen) atoms. The number of hydrogen-bond donors (Lipinski definition) is 0. The minimum absolute atomic E-state index is 0.0486. The lowest BCUT2D eigenvalue weighted by Gasteiger charge is -2.31. The molecule has 2 atom stereocenters. The Morgan fingerprint density at radius 2 is 1.50 bits per heavy atom. The average Bonchev–Trinajstić information content (AvgIpc) is 3.27. The zero-order valence-electron chi connectivity index (χ0n) is 20.8. The monoisotopic (exact) mass is 491 g/mol. The molecule has 9 nitrogen and oxygen atoms in total. The Hall–Kier alpha value is -4.01. The minimum atomic E-state index is -1.28. The van der Waals surface area contributed by atoms with Gasteiger partial charge in [0.15, 0.2) is 6.04 Å². The fourth-order valence-electron chi connectivity index (χ4n) is 4.50. The maximum Gasteiger partial charge on any atom is 0.331 e. The van der Waals surface area contributed by atoms with Crippen LogP contribution in [0, 0.1) is 0 Å². The number of rotatable bonds is 6. The highest BCUT2D eigenvalue weighted by Crippen LogP contribution is 2.29. The van der Waals surface area contributed by atoms with Crippen LogP contribution in [0.4, 0.5) is 4.79 Å². The van der Waals surface area contributed by atoms with E-state index in [-0.39, 0.29) is 24.1 Å². The van der Waals surface area contributed by atoms with Crippen LogP contribution in [-0.4, -0.2) is 75.7 Å². The number of benzene rings is 2. The van der Waals surface area contributed by atoms with Crippen LogP contribution in [0.5, 0.6) is 0 Å². The standard InChI is InChI=1S/C27H29N3O6/c1-27(2,3)36-25(34)21-16-28(4)26(35)30(21)24(33)20(15-14-17-10-6-5-7-11-17)29-22(31)18-12-8-9-13-19(18)23(29)32/h5-13,20-21H,14-16H2,1-4H3/t20-,21-/m0/s1. The molecule has 2 heterocycles. The predicted molar refractivity (Wildman–Crippen MR) is 130 cm³/mol. The van der Waals surface area contributed by atoms with Crippen molar-refractivity contribution in [3.05, 3.63) is 71.3 Å². The second-order valence-electron chi connectivity index (χ2n) is 9.99. The number of hydrogen-bond acceptors (Lipinski definition) is 6. The molecule has 2 aliphatic heterocycles. The van der Waals surface area contributed by atoms with Gasteiger partial charge in [0.05, 0.1) is 17.7 Å². The SMILES string of the molecule is CN1C[C@@H](C(=O)OC(C)(C)C)N(C(=O)[C@H](CCc2ccccc2)N2C(=O)c3ccccc3C2=O)C1=O. The van der Waals surface area contributed by atoms with Gasteiger partial charge < -0.3 is 9.64 Å². The van der Waals surface area contributed by atoms with Crippen molar-refractivity contribution in [1.29, 1.82) is 0 Å². The minimum Gasteiger partial charge on any atom is -0.458 e. The number of amides is 5. The Morgan fingerprint density at radius 3 is 2.06 bits per heavy atom. The van der Waals surface area contributed by atoms with Crippen molar-refractivity contribution in [3.63, 3.8) is 0 Å². The van der Waals surface area contributed by atoms with Crippen molar-refractivity contribution >= 4 is 29.7 Å². The van der Waals surface area contributed by atoms with E-state index in [0.717, 1.165) is 15.4 Å². The van der Waals surface area contributed by atoms with Gasteiger partial charge in [-0.25, -0.2) is 14.5 Å². The Labute approximate surface area is 209 Å². The molecule has 1 fully saturated rings. The molecule has 0 aliphatic carbocycles. The van der Waals surface area contributed by atoms with Gasteiger partial charge in [0.1, 0.15) is 11.6 Å². The van der Waals surface area contributed by atoms with Gasteiger partial charge in [-0.3, -0.25) is 19.3 Å². The van der Waals surface area contributed by atoms with Crippen LogP contribution in [0.25, 0.3) is 0 Å². The summed E-state index contributed by atoms with van der Waals surface area (Å²) >= 11 is 0. The van der Waals surface area contributed by atoms with Gasteiger partial charge in [-0.1, -0.05) is 42.5 Å². The molecule has 0 aromatic heterocycles. The van der Waals surface area contributed by atoms with Crippen LogP contribution in [0.2, 0.25) is 0 Å². The summed E-state index contributed by atoms with van der Waals surface area (Å²) in [4.78, 5) is 69.5. The van der Waals surface area contributed by atoms with Crippen molar-refractivity contribution in [1.82, 2.24) is 14.7 Å². The molecule has 0 spiro atoms. The van der Waals surface area contributed by atoms with E-state index in [0.29, 0.717) is 6.42 Å². The average molecular weight is 492 g/mol. The molecular weight excluding hydrogens is 462 g/mol. The summed E-state index contributed by atoms with van der Waals surface area (Å²) in [5.74, 6) is -2.71. The highest BCUT2D eigenvalue weighted by molar-refractivity contribution is 6.23. The molecule has 1 saturated heterocycles. The number of likely N-dealkylation sites (N-methyl/N-ethyl adjacent to an activating group) is 1. The zero-order valence-corrected chi connectivity index (χ0v) is 20.8. The van der Waals surface area contributed by atoms with Crippen LogP contribution >= 0.6 is 0 Å². The molecular formula is C27H29N3O6. The molecule has 0 N–H and O–H groups in total. The Balaban J connectivity index is 1.69. The van der Waals surface area contributed by atoms with Gasteiger partial charge in [-0.2, -0.15) is 0 Å². The number of carbonyl (C=O) groups is 5. The summed E-state index contributed by atoms with van der Waals surface area (Å²) in [5.41, 5.74) is 0.480. The summed E-state index contributed by atoms with van der Waals surface area (Å²) in [6.07, 6.45) is 0.461. The number of esters is 1. The van der Waals surface area contributed by atoms with E-state index in [4.69, 9.17) is 4.74 Å². The summed E-state index contributed by atoms with van der Waals surface area (Å²) in [5, 5.41) is 0. The van der Waals surface area contributed by atoms with E-state index < -0.39 is 47.4 Å². The molecule has 5 amide bonds. The third-order valence-electron chi connectivity index (χ3n) is 6.18. The van der Waals surface area contributed by atoms with E-state index in [2.05, 4.69) is 0 Å². The molecule has 2 aromatic rings. The first kappa shape index (κ1) is 25.1. The van der Waals surface area contributed by atoms with E-state index in [1.54, 1.807) is 32.9 Å². The first-order valence-corrected chi connectivity index (χ1v) is 11.8. The van der Waals surface area contributed by atoms with Gasteiger partial charge in [0, 0.05) is 7.05 Å². The van der Waals surface area contributed by atoms with Crippen LogP contribution in [0.15, 0.2) is 54.6 Å². The highest BCUT2D eigenvalue weighted by atomic mass is 16.6. The van der Waals surface area contributed by atoms with Crippen LogP contribution < -0.4 is 0 Å². The van der Waals surface area contributed by atoms with Gasteiger partial charge in [0.25, 0.3) is 17.7 Å². The number of carbonyl (C=O) groups excluding carboxylic acids is 5. The van der Waals surface area contributed by atoms with Crippen molar-refractivity contribution in [2.75, 3.05) is 13.6 Å². The highest BCUT2D eigenvalue weighted by Gasteiger charge is 2.51. The third kappa shape index (κ3) is 4.73. The largest absolute Gasteiger partial charge is 0.458 e. The van der Waals surface area contributed by atoms with Gasteiger partial charge in [0.2, 0.25) is 0 Å². The number of imide groups is 2. The van der Waals surface area contributed by atoms with Crippen LogP contribution in [-0.2, 0) is 20.7 Å². The number of ether oxygens (including phenoxy) is 1. The second-order valence-corrected chi connectivity index (χ2v) is 9.99. The smallest absolute Gasteiger partial charge is 0.331 e. The molecule has 2 aliphatic rings. The van der Waals surface area contributed by atoms with Crippen molar-refractivity contribution in [2.45, 2.75) is 51.3 Å². The van der Waals surface area contributed by atoms with Crippen LogP contribution in [0.1, 0.15) is 53.5 Å².